The highest BCUT2D eigenvalue weighted by Gasteiger charge is 2.10. The molecule has 13 heavy (non-hydrogen) atoms. The molecule has 0 heteroatoms. The van der Waals surface area contributed by atoms with Crippen LogP contribution in [0.2, 0.25) is 0 Å². The van der Waals surface area contributed by atoms with E-state index in [0.717, 1.165) is 0 Å². The van der Waals surface area contributed by atoms with Gasteiger partial charge in [-0.2, -0.15) is 0 Å². The summed E-state index contributed by atoms with van der Waals surface area (Å²) in [5.74, 6) is 0. The molecule has 1 saturated carbocycles. The van der Waals surface area contributed by atoms with E-state index < -0.39 is 0 Å². The molecule has 0 aromatic carbocycles. The molecule has 0 saturated heterocycles. The summed E-state index contributed by atoms with van der Waals surface area (Å²) in [6, 6.07) is 0. The zero-order chi connectivity index (χ0) is 8.93. The highest BCUT2D eigenvalue weighted by Crippen LogP contribution is 2.29. The number of hydrogen-bond acceptors (Lipinski definition) is 0. The fourth-order valence-corrected chi connectivity index (χ4v) is 2.47. The predicted octanol–water partition coefficient (Wildman–Crippen LogP) is 4.38. The second-order valence-electron chi connectivity index (χ2n) is 4.32. The Bertz CT molecular complexity index is 196. The van der Waals surface area contributed by atoms with Crippen molar-refractivity contribution in [2.45, 2.75) is 57.8 Å². The lowest BCUT2D eigenvalue weighted by Gasteiger charge is -2.11. The van der Waals surface area contributed by atoms with E-state index >= 15 is 0 Å². The third kappa shape index (κ3) is 2.46. The lowest BCUT2D eigenvalue weighted by molar-refractivity contribution is 0.580. The number of fused-ring (bicyclic) bond motifs is 1. The standard InChI is InChI=1S/C13H20/c1-2-4-6-9-13-11-7-10-12(13)8-5-3-1/h10-11H,1-9H2. The van der Waals surface area contributed by atoms with Crippen molar-refractivity contribution in [3.63, 3.8) is 0 Å². The van der Waals surface area contributed by atoms with E-state index in [9.17, 15) is 0 Å². The van der Waals surface area contributed by atoms with Gasteiger partial charge in [-0.15, -0.1) is 0 Å². The van der Waals surface area contributed by atoms with Crippen LogP contribution in [0, 0.1) is 0 Å². The summed E-state index contributed by atoms with van der Waals surface area (Å²) in [6.07, 6.45) is 17.5. The van der Waals surface area contributed by atoms with E-state index in [4.69, 9.17) is 0 Å². The highest BCUT2D eigenvalue weighted by molar-refractivity contribution is 5.36. The molecule has 0 spiro atoms. The van der Waals surface area contributed by atoms with E-state index in [-0.39, 0.29) is 0 Å². The maximum Gasteiger partial charge on any atom is -0.0157 e. The Kier molecular flexibility index (Phi) is 3.23. The van der Waals surface area contributed by atoms with Crippen LogP contribution in [0.5, 0.6) is 0 Å². The van der Waals surface area contributed by atoms with E-state index in [1.807, 2.05) is 0 Å². The van der Waals surface area contributed by atoms with Crippen molar-refractivity contribution in [2.24, 2.45) is 0 Å². The Hall–Kier alpha value is -0.520. The third-order valence-electron chi connectivity index (χ3n) is 3.28. The van der Waals surface area contributed by atoms with Crippen molar-refractivity contribution in [2.75, 3.05) is 0 Å². The number of hydrogen-bond donors (Lipinski definition) is 0. The van der Waals surface area contributed by atoms with Gasteiger partial charge in [-0.3, -0.25) is 0 Å². The molecule has 0 N–H and O–H groups in total. The topological polar surface area (TPSA) is 0 Å². The van der Waals surface area contributed by atoms with Crippen LogP contribution in [0.4, 0.5) is 0 Å². The van der Waals surface area contributed by atoms with Crippen LogP contribution in [-0.2, 0) is 0 Å². The average Bonchev–Trinajstić information content (AvgIpc) is 2.59. The molecule has 0 aromatic rings. The maximum atomic E-state index is 2.44. The summed E-state index contributed by atoms with van der Waals surface area (Å²) in [5, 5.41) is 0. The van der Waals surface area contributed by atoms with Crippen LogP contribution < -0.4 is 0 Å². The minimum atomic E-state index is 1.21. The van der Waals surface area contributed by atoms with Gasteiger partial charge in [-0.05, 0) is 43.3 Å². The maximum absolute atomic E-state index is 2.44. The first-order chi connectivity index (χ1) is 6.47. The van der Waals surface area contributed by atoms with Gasteiger partial charge in [0.15, 0.2) is 0 Å². The van der Waals surface area contributed by atoms with Crippen molar-refractivity contribution in [3.05, 3.63) is 23.3 Å². The Morgan fingerprint density at radius 2 is 1.08 bits per heavy atom. The normalized spacial score (nSPS) is 24.6. The molecule has 1 fully saturated rings. The molecule has 2 aliphatic carbocycles. The van der Waals surface area contributed by atoms with Crippen molar-refractivity contribution in [1.82, 2.24) is 0 Å². The van der Waals surface area contributed by atoms with E-state index in [1.54, 1.807) is 11.1 Å². The SMILES string of the molecule is C1=C2CCCCCCCCC2=CC1. The third-order valence-corrected chi connectivity index (χ3v) is 3.28. The zero-order valence-electron chi connectivity index (χ0n) is 8.52. The molecule has 0 atom stereocenters. The fourth-order valence-electron chi connectivity index (χ4n) is 2.47. The smallest absolute Gasteiger partial charge is 0.0157 e. The van der Waals surface area contributed by atoms with E-state index in [1.165, 1.54) is 57.8 Å². The van der Waals surface area contributed by atoms with Crippen molar-refractivity contribution in [3.8, 4) is 0 Å². The lowest BCUT2D eigenvalue weighted by Crippen LogP contribution is -1.92. The minimum absolute atomic E-state index is 1.21. The fraction of sp³-hybridized carbons (Fsp3) is 0.692. The average molecular weight is 176 g/mol. The molecule has 0 aliphatic heterocycles. The van der Waals surface area contributed by atoms with Gasteiger partial charge in [-0.25, -0.2) is 0 Å². The zero-order valence-corrected chi connectivity index (χ0v) is 8.52. The molecule has 0 unspecified atom stereocenters. The number of rotatable bonds is 0. The first kappa shape index (κ1) is 9.05. The first-order valence-electron chi connectivity index (χ1n) is 5.85. The molecule has 0 radical (unpaired) electrons. The monoisotopic (exact) mass is 176 g/mol. The Labute approximate surface area is 81.7 Å². The van der Waals surface area contributed by atoms with E-state index in [0.29, 0.717) is 0 Å². The quantitative estimate of drug-likeness (QED) is 0.514. The van der Waals surface area contributed by atoms with Gasteiger partial charge < -0.3 is 0 Å². The Balaban J connectivity index is 1.94. The first-order valence-corrected chi connectivity index (χ1v) is 5.85. The van der Waals surface area contributed by atoms with Crippen LogP contribution in [0.25, 0.3) is 0 Å². The van der Waals surface area contributed by atoms with Crippen molar-refractivity contribution < 1.29 is 0 Å². The molecule has 0 heterocycles. The molecule has 0 nitrogen and oxygen atoms in total. The summed E-state index contributed by atoms with van der Waals surface area (Å²) >= 11 is 0. The van der Waals surface area contributed by atoms with Gasteiger partial charge in [0.2, 0.25) is 0 Å². The molecule has 0 bridgehead atoms. The van der Waals surface area contributed by atoms with Gasteiger partial charge in [-0.1, -0.05) is 37.8 Å². The molecule has 72 valence electrons. The van der Waals surface area contributed by atoms with Crippen LogP contribution >= 0.6 is 0 Å². The summed E-state index contributed by atoms with van der Waals surface area (Å²) < 4.78 is 0. The van der Waals surface area contributed by atoms with Crippen LogP contribution in [-0.4, -0.2) is 0 Å². The molecule has 0 amide bonds. The van der Waals surface area contributed by atoms with Gasteiger partial charge in [0.25, 0.3) is 0 Å². The van der Waals surface area contributed by atoms with Gasteiger partial charge >= 0.3 is 0 Å². The summed E-state index contributed by atoms with van der Waals surface area (Å²) in [7, 11) is 0. The minimum Gasteiger partial charge on any atom is -0.0772 e. The number of allylic oxidation sites excluding steroid dienone is 4. The van der Waals surface area contributed by atoms with Crippen LogP contribution in [0.15, 0.2) is 23.3 Å². The van der Waals surface area contributed by atoms with Gasteiger partial charge in [0, 0.05) is 0 Å². The molecule has 0 aromatic heterocycles. The van der Waals surface area contributed by atoms with Crippen molar-refractivity contribution >= 4 is 0 Å². The van der Waals surface area contributed by atoms with Crippen LogP contribution in [0.1, 0.15) is 57.8 Å². The molecule has 2 aliphatic rings. The predicted molar refractivity (Wildman–Crippen MR) is 57.7 cm³/mol. The highest BCUT2D eigenvalue weighted by atomic mass is 14.2. The van der Waals surface area contributed by atoms with Gasteiger partial charge in [0.1, 0.15) is 0 Å². The summed E-state index contributed by atoms with van der Waals surface area (Å²) in [4.78, 5) is 0. The van der Waals surface area contributed by atoms with Crippen LogP contribution in [0.3, 0.4) is 0 Å². The Morgan fingerprint density at radius 3 is 1.62 bits per heavy atom. The van der Waals surface area contributed by atoms with E-state index in [2.05, 4.69) is 12.2 Å². The molecular formula is C13H20. The second-order valence-corrected chi connectivity index (χ2v) is 4.32. The van der Waals surface area contributed by atoms with Gasteiger partial charge in [0.05, 0.1) is 0 Å². The molecular weight excluding hydrogens is 156 g/mol. The second kappa shape index (κ2) is 4.64. The lowest BCUT2D eigenvalue weighted by atomic mass is 9.95. The van der Waals surface area contributed by atoms with Crippen molar-refractivity contribution in [1.29, 1.82) is 0 Å². The Morgan fingerprint density at radius 1 is 0.615 bits per heavy atom. The molecule has 2 rings (SSSR count). The largest absolute Gasteiger partial charge is 0.0772 e. The summed E-state index contributed by atoms with van der Waals surface area (Å²) in [5.41, 5.74) is 3.36. The summed E-state index contributed by atoms with van der Waals surface area (Å²) in [6.45, 7) is 0.